The molecule has 1 aromatic carbocycles. The Bertz CT molecular complexity index is 672. The molecular formula is C14H17F3N2O3S. The minimum Gasteiger partial charge on any atom is -0.325 e. The van der Waals surface area contributed by atoms with Gasteiger partial charge in [0.25, 0.3) is 0 Å². The van der Waals surface area contributed by atoms with Gasteiger partial charge in [-0.1, -0.05) is 0 Å². The fourth-order valence-electron chi connectivity index (χ4n) is 2.42. The average Bonchev–Trinajstić information content (AvgIpc) is 2.78. The standard InChI is InChI=1S/C14H17F3N2O3S/c1-19(12-6-7-23(21,22)9-12)8-13(20)18-11-4-2-10(3-5-11)14(15,16)17/h2-5,12H,6-9H2,1H3,(H,18,20)/t12-/m1/s1. The van der Waals surface area contributed by atoms with E-state index in [1.165, 1.54) is 12.1 Å². The van der Waals surface area contributed by atoms with Gasteiger partial charge in [-0.3, -0.25) is 9.69 Å². The van der Waals surface area contributed by atoms with Crippen molar-refractivity contribution in [3.8, 4) is 0 Å². The summed E-state index contributed by atoms with van der Waals surface area (Å²) in [5.41, 5.74) is -0.528. The third-order valence-corrected chi connectivity index (χ3v) is 5.47. The number of carbonyl (C=O) groups is 1. The Labute approximate surface area is 132 Å². The lowest BCUT2D eigenvalue weighted by Gasteiger charge is -2.22. The van der Waals surface area contributed by atoms with Crippen LogP contribution in [0.2, 0.25) is 0 Å². The van der Waals surface area contributed by atoms with Crippen molar-refractivity contribution in [2.45, 2.75) is 18.6 Å². The van der Waals surface area contributed by atoms with Crippen LogP contribution in [0.4, 0.5) is 18.9 Å². The third-order valence-electron chi connectivity index (χ3n) is 3.72. The van der Waals surface area contributed by atoms with Crippen LogP contribution in [0.15, 0.2) is 24.3 Å². The molecule has 1 saturated heterocycles. The lowest BCUT2D eigenvalue weighted by atomic mass is 10.2. The summed E-state index contributed by atoms with van der Waals surface area (Å²) in [6.07, 6.45) is -3.94. The highest BCUT2D eigenvalue weighted by Gasteiger charge is 2.31. The number of benzene rings is 1. The van der Waals surface area contributed by atoms with Crippen molar-refractivity contribution in [2.24, 2.45) is 0 Å². The van der Waals surface area contributed by atoms with E-state index < -0.39 is 27.5 Å². The zero-order valence-corrected chi connectivity index (χ0v) is 13.2. The van der Waals surface area contributed by atoms with Gasteiger partial charge >= 0.3 is 6.18 Å². The quantitative estimate of drug-likeness (QED) is 0.899. The number of halogens is 3. The van der Waals surface area contributed by atoms with Crippen molar-refractivity contribution < 1.29 is 26.4 Å². The first kappa shape index (κ1) is 17.7. The summed E-state index contributed by atoms with van der Waals surface area (Å²) in [5, 5.41) is 2.50. The van der Waals surface area contributed by atoms with Gasteiger partial charge in [-0.05, 0) is 37.7 Å². The van der Waals surface area contributed by atoms with Gasteiger partial charge in [0.1, 0.15) is 0 Å². The summed E-state index contributed by atoms with van der Waals surface area (Å²) < 4.78 is 60.2. The smallest absolute Gasteiger partial charge is 0.325 e. The summed E-state index contributed by atoms with van der Waals surface area (Å²) in [6.45, 7) is -0.0266. The Morgan fingerprint density at radius 1 is 1.30 bits per heavy atom. The summed E-state index contributed by atoms with van der Waals surface area (Å²) in [7, 11) is -1.38. The highest BCUT2D eigenvalue weighted by molar-refractivity contribution is 7.91. The second kappa shape index (κ2) is 6.48. The van der Waals surface area contributed by atoms with E-state index in [9.17, 15) is 26.4 Å². The van der Waals surface area contributed by atoms with E-state index >= 15 is 0 Å². The number of nitrogens with zero attached hydrogens (tertiary/aromatic N) is 1. The average molecular weight is 350 g/mol. The lowest BCUT2D eigenvalue weighted by molar-refractivity contribution is -0.137. The number of likely N-dealkylation sites (N-methyl/N-ethyl adjacent to an activating group) is 1. The molecule has 1 amide bonds. The Morgan fingerprint density at radius 2 is 1.91 bits per heavy atom. The van der Waals surface area contributed by atoms with Gasteiger partial charge in [0, 0.05) is 11.7 Å². The predicted octanol–water partition coefficient (Wildman–Crippen LogP) is 1.76. The summed E-state index contributed by atoms with van der Waals surface area (Å²) in [5.74, 6) is -0.267. The molecule has 0 bridgehead atoms. The van der Waals surface area contributed by atoms with Crippen LogP contribution in [0.5, 0.6) is 0 Å². The number of amides is 1. The molecule has 0 radical (unpaired) electrons. The number of alkyl halides is 3. The fourth-order valence-corrected chi connectivity index (χ4v) is 4.23. The van der Waals surface area contributed by atoms with Gasteiger partial charge < -0.3 is 5.32 Å². The third kappa shape index (κ3) is 4.93. The maximum absolute atomic E-state index is 12.4. The molecule has 1 atom stereocenters. The van der Waals surface area contributed by atoms with E-state index in [0.717, 1.165) is 12.1 Å². The van der Waals surface area contributed by atoms with Crippen molar-refractivity contribution in [1.82, 2.24) is 4.90 Å². The van der Waals surface area contributed by atoms with Crippen LogP contribution in [-0.4, -0.2) is 50.4 Å². The molecule has 1 heterocycles. The topological polar surface area (TPSA) is 66.5 Å². The van der Waals surface area contributed by atoms with Crippen molar-refractivity contribution in [3.05, 3.63) is 29.8 Å². The van der Waals surface area contributed by atoms with Crippen LogP contribution in [0.3, 0.4) is 0 Å². The molecule has 1 fully saturated rings. The maximum atomic E-state index is 12.4. The molecular weight excluding hydrogens is 333 g/mol. The first-order valence-electron chi connectivity index (χ1n) is 6.94. The molecule has 0 aliphatic carbocycles. The van der Waals surface area contributed by atoms with Crippen LogP contribution in [-0.2, 0) is 20.8 Å². The second-order valence-electron chi connectivity index (χ2n) is 5.60. The van der Waals surface area contributed by atoms with Gasteiger partial charge in [0.15, 0.2) is 9.84 Å². The van der Waals surface area contributed by atoms with E-state index in [-0.39, 0.29) is 29.8 Å². The Balaban J connectivity index is 1.90. The monoisotopic (exact) mass is 350 g/mol. The van der Waals surface area contributed by atoms with Crippen molar-refractivity contribution in [2.75, 3.05) is 30.4 Å². The Kier molecular flexibility index (Phi) is 5.00. The molecule has 1 aromatic rings. The van der Waals surface area contributed by atoms with Crippen LogP contribution in [0, 0.1) is 0 Å². The van der Waals surface area contributed by atoms with Gasteiger partial charge in [-0.2, -0.15) is 13.2 Å². The first-order valence-corrected chi connectivity index (χ1v) is 8.77. The van der Waals surface area contributed by atoms with Gasteiger partial charge in [0.05, 0.1) is 23.6 Å². The van der Waals surface area contributed by atoms with Gasteiger partial charge in [-0.15, -0.1) is 0 Å². The SMILES string of the molecule is CN(CC(=O)Nc1ccc(C(F)(F)F)cc1)[C@@H]1CCS(=O)(=O)C1. The molecule has 9 heteroatoms. The van der Waals surface area contributed by atoms with Crippen molar-refractivity contribution in [3.63, 3.8) is 0 Å². The number of hydrogen-bond donors (Lipinski definition) is 1. The van der Waals surface area contributed by atoms with E-state index in [1.54, 1.807) is 11.9 Å². The second-order valence-corrected chi connectivity index (χ2v) is 7.82. The summed E-state index contributed by atoms with van der Waals surface area (Å²) in [6, 6.07) is 3.94. The molecule has 0 saturated carbocycles. The molecule has 128 valence electrons. The molecule has 0 spiro atoms. The highest BCUT2D eigenvalue weighted by Crippen LogP contribution is 2.29. The molecule has 23 heavy (non-hydrogen) atoms. The zero-order valence-electron chi connectivity index (χ0n) is 12.4. The van der Waals surface area contributed by atoms with E-state index in [1.807, 2.05) is 0 Å². The Hall–Kier alpha value is -1.61. The minimum absolute atomic E-state index is 0.0249. The number of sulfone groups is 1. The van der Waals surface area contributed by atoms with E-state index in [2.05, 4.69) is 5.32 Å². The molecule has 5 nitrogen and oxygen atoms in total. The number of nitrogens with one attached hydrogen (secondary N) is 1. The molecule has 0 unspecified atom stereocenters. The predicted molar refractivity (Wildman–Crippen MR) is 79.8 cm³/mol. The van der Waals surface area contributed by atoms with E-state index in [0.29, 0.717) is 6.42 Å². The van der Waals surface area contributed by atoms with Crippen molar-refractivity contribution in [1.29, 1.82) is 0 Å². The maximum Gasteiger partial charge on any atom is 0.416 e. The number of anilines is 1. The minimum atomic E-state index is -4.42. The van der Waals surface area contributed by atoms with Gasteiger partial charge in [0.2, 0.25) is 5.91 Å². The Morgan fingerprint density at radius 3 is 2.39 bits per heavy atom. The van der Waals surface area contributed by atoms with Crippen LogP contribution >= 0.6 is 0 Å². The van der Waals surface area contributed by atoms with Crippen LogP contribution < -0.4 is 5.32 Å². The molecule has 2 rings (SSSR count). The molecule has 0 aromatic heterocycles. The van der Waals surface area contributed by atoms with Crippen LogP contribution in [0.1, 0.15) is 12.0 Å². The van der Waals surface area contributed by atoms with Crippen molar-refractivity contribution >= 4 is 21.4 Å². The number of rotatable bonds is 4. The number of carbonyl (C=O) groups excluding carboxylic acids is 1. The zero-order chi connectivity index (χ0) is 17.3. The normalized spacial score (nSPS) is 20.7. The number of hydrogen-bond acceptors (Lipinski definition) is 4. The fraction of sp³-hybridized carbons (Fsp3) is 0.500. The summed E-state index contributed by atoms with van der Waals surface area (Å²) in [4.78, 5) is 13.5. The lowest BCUT2D eigenvalue weighted by Crippen LogP contribution is -2.38. The highest BCUT2D eigenvalue weighted by atomic mass is 32.2. The van der Waals surface area contributed by atoms with Gasteiger partial charge in [-0.25, -0.2) is 8.42 Å². The molecule has 1 aliphatic rings. The van der Waals surface area contributed by atoms with E-state index in [4.69, 9.17) is 0 Å². The first-order chi connectivity index (χ1) is 10.6. The largest absolute Gasteiger partial charge is 0.416 e. The molecule has 1 N–H and O–H groups in total. The summed E-state index contributed by atoms with van der Waals surface area (Å²) >= 11 is 0. The molecule has 1 aliphatic heterocycles. The van der Waals surface area contributed by atoms with Crippen LogP contribution in [0.25, 0.3) is 0 Å².